The van der Waals surface area contributed by atoms with Gasteiger partial charge >= 0.3 is 0 Å². The van der Waals surface area contributed by atoms with E-state index in [4.69, 9.17) is 0 Å². The van der Waals surface area contributed by atoms with Gasteiger partial charge in [0, 0.05) is 17.6 Å². The first-order chi connectivity index (χ1) is 9.54. The Morgan fingerprint density at radius 2 is 2.05 bits per heavy atom. The zero-order chi connectivity index (χ0) is 14.5. The Kier molecular flexibility index (Phi) is 4.74. The molecule has 0 aliphatic heterocycles. The SMILES string of the molecule is Cc1ccc(NC(=O)CSc2nccc(C)n2)c(C)c1. The average Bonchev–Trinajstić information content (AvgIpc) is 2.40. The van der Waals surface area contributed by atoms with Crippen LogP contribution >= 0.6 is 11.8 Å². The van der Waals surface area contributed by atoms with E-state index in [1.807, 2.05) is 45.0 Å². The molecule has 0 unspecified atom stereocenters. The van der Waals surface area contributed by atoms with Gasteiger partial charge in [-0.2, -0.15) is 0 Å². The predicted molar refractivity (Wildman–Crippen MR) is 82.0 cm³/mol. The van der Waals surface area contributed by atoms with E-state index in [-0.39, 0.29) is 5.91 Å². The van der Waals surface area contributed by atoms with Gasteiger partial charge in [0.25, 0.3) is 0 Å². The molecule has 0 bridgehead atoms. The first-order valence-corrected chi connectivity index (χ1v) is 7.33. The summed E-state index contributed by atoms with van der Waals surface area (Å²) < 4.78 is 0. The van der Waals surface area contributed by atoms with Crippen LogP contribution in [0.25, 0.3) is 0 Å². The van der Waals surface area contributed by atoms with Gasteiger partial charge < -0.3 is 5.32 Å². The predicted octanol–water partition coefficient (Wildman–Crippen LogP) is 3.13. The van der Waals surface area contributed by atoms with Crippen molar-refractivity contribution >= 4 is 23.4 Å². The lowest BCUT2D eigenvalue weighted by atomic mass is 10.1. The summed E-state index contributed by atoms with van der Waals surface area (Å²) in [5.41, 5.74) is 4.00. The quantitative estimate of drug-likeness (QED) is 0.693. The highest BCUT2D eigenvalue weighted by atomic mass is 32.2. The number of anilines is 1. The van der Waals surface area contributed by atoms with Crippen molar-refractivity contribution < 1.29 is 4.79 Å². The van der Waals surface area contributed by atoms with Gasteiger partial charge in [0.2, 0.25) is 5.91 Å². The third-order valence-electron chi connectivity index (χ3n) is 2.76. The number of thioether (sulfide) groups is 1. The Labute approximate surface area is 123 Å². The van der Waals surface area contributed by atoms with Gasteiger partial charge in [-0.25, -0.2) is 9.97 Å². The first kappa shape index (κ1) is 14.5. The maximum atomic E-state index is 11.9. The minimum absolute atomic E-state index is 0.0490. The minimum Gasteiger partial charge on any atom is -0.325 e. The molecule has 0 saturated carbocycles. The molecule has 5 heteroatoms. The molecule has 4 nitrogen and oxygen atoms in total. The second-order valence-electron chi connectivity index (χ2n) is 4.64. The molecule has 0 atom stereocenters. The fourth-order valence-corrected chi connectivity index (χ4v) is 2.44. The molecule has 1 amide bonds. The molecule has 1 aromatic carbocycles. The second kappa shape index (κ2) is 6.52. The van der Waals surface area contributed by atoms with Crippen molar-refractivity contribution in [1.82, 2.24) is 9.97 Å². The number of carbonyl (C=O) groups excluding carboxylic acids is 1. The van der Waals surface area contributed by atoms with Crippen molar-refractivity contribution in [3.05, 3.63) is 47.3 Å². The Balaban J connectivity index is 1.92. The number of aromatic nitrogens is 2. The smallest absolute Gasteiger partial charge is 0.234 e. The molecular formula is C15H17N3OS. The van der Waals surface area contributed by atoms with Crippen LogP contribution in [-0.2, 0) is 4.79 Å². The van der Waals surface area contributed by atoms with Crippen LogP contribution in [-0.4, -0.2) is 21.6 Å². The summed E-state index contributed by atoms with van der Waals surface area (Å²) >= 11 is 1.34. The largest absolute Gasteiger partial charge is 0.325 e. The topological polar surface area (TPSA) is 54.9 Å². The first-order valence-electron chi connectivity index (χ1n) is 6.34. The highest BCUT2D eigenvalue weighted by Crippen LogP contribution is 2.17. The van der Waals surface area contributed by atoms with Crippen molar-refractivity contribution in [2.75, 3.05) is 11.1 Å². The summed E-state index contributed by atoms with van der Waals surface area (Å²) in [5, 5.41) is 3.53. The number of aryl methyl sites for hydroxylation is 3. The average molecular weight is 287 g/mol. The van der Waals surface area contributed by atoms with Gasteiger partial charge in [0.05, 0.1) is 5.75 Å². The number of nitrogens with one attached hydrogen (secondary N) is 1. The molecule has 2 rings (SSSR count). The molecule has 0 aliphatic carbocycles. The number of amides is 1. The van der Waals surface area contributed by atoms with E-state index in [0.29, 0.717) is 10.9 Å². The van der Waals surface area contributed by atoms with Crippen molar-refractivity contribution in [2.24, 2.45) is 0 Å². The van der Waals surface area contributed by atoms with Gasteiger partial charge in [-0.15, -0.1) is 0 Å². The number of hydrogen-bond acceptors (Lipinski definition) is 4. The van der Waals surface area contributed by atoms with Crippen LogP contribution in [0.1, 0.15) is 16.8 Å². The minimum atomic E-state index is -0.0490. The molecule has 1 heterocycles. The second-order valence-corrected chi connectivity index (χ2v) is 5.58. The Bertz CT molecular complexity index is 628. The summed E-state index contributed by atoms with van der Waals surface area (Å²) in [6, 6.07) is 7.79. The third-order valence-corrected chi connectivity index (χ3v) is 3.62. The number of carbonyl (C=O) groups is 1. The van der Waals surface area contributed by atoms with Crippen LogP contribution < -0.4 is 5.32 Å². The molecule has 1 N–H and O–H groups in total. The van der Waals surface area contributed by atoms with Crippen LogP contribution in [0.3, 0.4) is 0 Å². The molecule has 1 aromatic heterocycles. The van der Waals surface area contributed by atoms with E-state index < -0.39 is 0 Å². The van der Waals surface area contributed by atoms with Gasteiger partial charge in [-0.05, 0) is 38.5 Å². The van der Waals surface area contributed by atoms with E-state index in [9.17, 15) is 4.79 Å². The lowest BCUT2D eigenvalue weighted by molar-refractivity contribution is -0.113. The van der Waals surface area contributed by atoms with Crippen molar-refractivity contribution in [2.45, 2.75) is 25.9 Å². The Morgan fingerprint density at radius 1 is 1.25 bits per heavy atom. The van der Waals surface area contributed by atoms with Gasteiger partial charge in [0.15, 0.2) is 5.16 Å². The van der Waals surface area contributed by atoms with Crippen LogP contribution in [0.2, 0.25) is 0 Å². The monoisotopic (exact) mass is 287 g/mol. The van der Waals surface area contributed by atoms with Crippen molar-refractivity contribution in [3.8, 4) is 0 Å². The van der Waals surface area contributed by atoms with E-state index in [1.165, 1.54) is 17.3 Å². The molecule has 0 aliphatic rings. The summed E-state index contributed by atoms with van der Waals surface area (Å²) in [4.78, 5) is 20.3. The lowest BCUT2D eigenvalue weighted by Crippen LogP contribution is -2.15. The fourth-order valence-electron chi connectivity index (χ4n) is 1.77. The maximum absolute atomic E-state index is 11.9. The van der Waals surface area contributed by atoms with Gasteiger partial charge in [-0.3, -0.25) is 4.79 Å². The van der Waals surface area contributed by atoms with Crippen LogP contribution in [0.5, 0.6) is 0 Å². The number of rotatable bonds is 4. The lowest BCUT2D eigenvalue weighted by Gasteiger charge is -2.08. The highest BCUT2D eigenvalue weighted by Gasteiger charge is 2.07. The van der Waals surface area contributed by atoms with Crippen LogP contribution in [0, 0.1) is 20.8 Å². The maximum Gasteiger partial charge on any atom is 0.234 e. The molecule has 104 valence electrons. The van der Waals surface area contributed by atoms with E-state index >= 15 is 0 Å². The van der Waals surface area contributed by atoms with Crippen LogP contribution in [0.4, 0.5) is 5.69 Å². The summed E-state index contributed by atoms with van der Waals surface area (Å²) in [5.74, 6) is 0.253. The van der Waals surface area contributed by atoms with Crippen molar-refractivity contribution in [1.29, 1.82) is 0 Å². The van der Waals surface area contributed by atoms with Gasteiger partial charge in [-0.1, -0.05) is 29.5 Å². The molecule has 0 saturated heterocycles. The third kappa shape index (κ3) is 4.06. The van der Waals surface area contributed by atoms with E-state index in [0.717, 1.165) is 16.9 Å². The van der Waals surface area contributed by atoms with Crippen molar-refractivity contribution in [3.63, 3.8) is 0 Å². The van der Waals surface area contributed by atoms with Crippen LogP contribution in [0.15, 0.2) is 35.6 Å². The highest BCUT2D eigenvalue weighted by molar-refractivity contribution is 7.99. The Hall–Kier alpha value is -1.88. The number of benzene rings is 1. The molecule has 2 aromatic rings. The molecule has 0 radical (unpaired) electrons. The number of nitrogens with zero attached hydrogens (tertiary/aromatic N) is 2. The standard InChI is InChI=1S/C15H17N3OS/c1-10-4-5-13(11(2)8-10)18-14(19)9-20-15-16-7-6-12(3)17-15/h4-8H,9H2,1-3H3,(H,18,19). The molecule has 20 heavy (non-hydrogen) atoms. The van der Waals surface area contributed by atoms with Gasteiger partial charge in [0.1, 0.15) is 0 Å². The summed E-state index contributed by atoms with van der Waals surface area (Å²) in [7, 11) is 0. The molecule has 0 spiro atoms. The normalized spacial score (nSPS) is 10.3. The molecule has 0 fully saturated rings. The zero-order valence-corrected chi connectivity index (χ0v) is 12.6. The fraction of sp³-hybridized carbons (Fsp3) is 0.267. The van der Waals surface area contributed by atoms with E-state index in [2.05, 4.69) is 15.3 Å². The molecular weight excluding hydrogens is 270 g/mol. The zero-order valence-electron chi connectivity index (χ0n) is 11.8. The number of hydrogen-bond donors (Lipinski definition) is 1. The summed E-state index contributed by atoms with van der Waals surface area (Å²) in [6.07, 6.45) is 1.70. The van der Waals surface area contributed by atoms with E-state index in [1.54, 1.807) is 6.20 Å². The Morgan fingerprint density at radius 3 is 2.75 bits per heavy atom. The summed E-state index contributed by atoms with van der Waals surface area (Å²) in [6.45, 7) is 5.92.